The van der Waals surface area contributed by atoms with Gasteiger partial charge in [0.25, 0.3) is 5.56 Å². The number of fused-ring (bicyclic) bond motifs is 1. The second kappa shape index (κ2) is 6.14. The third-order valence-corrected chi connectivity index (χ3v) is 4.84. The Kier molecular flexibility index (Phi) is 3.82. The van der Waals surface area contributed by atoms with Crippen molar-refractivity contribution in [1.82, 2.24) is 14.6 Å². The van der Waals surface area contributed by atoms with Crippen LogP contribution < -0.4 is 14.8 Å². The van der Waals surface area contributed by atoms with Crippen LogP contribution in [0.15, 0.2) is 53.3 Å². The number of para-hydroxylation sites is 1. The average Bonchev–Trinajstić information content (AvgIpc) is 3.16. The van der Waals surface area contributed by atoms with E-state index in [1.807, 2.05) is 61.5 Å². The molecule has 5 nitrogen and oxygen atoms in total. The number of nitrogens with zero attached hydrogens (tertiary/aromatic N) is 3. The van der Waals surface area contributed by atoms with Gasteiger partial charge in [-0.15, -0.1) is 5.10 Å². The third kappa shape index (κ3) is 2.81. The van der Waals surface area contributed by atoms with Gasteiger partial charge in [0.05, 0.1) is 11.6 Å². The van der Waals surface area contributed by atoms with Crippen molar-refractivity contribution < 1.29 is 4.74 Å². The maximum atomic E-state index is 12.6. The molecule has 0 spiro atoms. The fraction of sp³-hybridized carbons (Fsp3) is 0.105. The van der Waals surface area contributed by atoms with E-state index >= 15 is 0 Å². The molecule has 0 aliphatic carbocycles. The van der Waals surface area contributed by atoms with E-state index in [0.29, 0.717) is 15.3 Å². The number of methoxy groups -OCH3 is 1. The van der Waals surface area contributed by atoms with Crippen molar-refractivity contribution in [3.05, 3.63) is 74.5 Å². The fourth-order valence-electron chi connectivity index (χ4n) is 2.67. The van der Waals surface area contributed by atoms with E-state index in [1.165, 1.54) is 15.9 Å². The van der Waals surface area contributed by atoms with Crippen molar-refractivity contribution in [2.45, 2.75) is 6.92 Å². The summed E-state index contributed by atoms with van der Waals surface area (Å²) < 4.78 is 7.28. The quantitative estimate of drug-likeness (QED) is 0.571. The SMILES string of the molecule is COc1ccccc1/C=c1/sc2nc(-c3cccc(C)c3)nn2c1=O. The Hall–Kier alpha value is -2.99. The standard InChI is InChI=1S/C19H15N3O2S/c1-12-6-5-8-14(10-12)17-20-19-22(21-17)18(23)16(25-19)11-13-7-3-4-9-15(13)24-2/h3-11H,1-2H3/b16-11+. The summed E-state index contributed by atoms with van der Waals surface area (Å²) in [5, 5.41) is 4.38. The molecule has 0 radical (unpaired) electrons. The molecule has 0 saturated carbocycles. The first-order chi connectivity index (χ1) is 12.2. The Morgan fingerprint density at radius 1 is 1.16 bits per heavy atom. The molecule has 2 aromatic carbocycles. The molecule has 0 aliphatic heterocycles. The van der Waals surface area contributed by atoms with E-state index in [1.54, 1.807) is 7.11 Å². The topological polar surface area (TPSA) is 56.5 Å². The minimum absolute atomic E-state index is 0.169. The lowest BCUT2D eigenvalue weighted by molar-refractivity contribution is 0.414. The normalized spacial score (nSPS) is 12.0. The Morgan fingerprint density at radius 2 is 2.00 bits per heavy atom. The van der Waals surface area contributed by atoms with E-state index in [0.717, 1.165) is 22.4 Å². The van der Waals surface area contributed by atoms with Gasteiger partial charge in [0.1, 0.15) is 5.75 Å². The van der Waals surface area contributed by atoms with Crippen molar-refractivity contribution in [3.63, 3.8) is 0 Å². The summed E-state index contributed by atoms with van der Waals surface area (Å²) in [7, 11) is 1.61. The molecule has 25 heavy (non-hydrogen) atoms. The van der Waals surface area contributed by atoms with Gasteiger partial charge in [0.2, 0.25) is 4.96 Å². The minimum Gasteiger partial charge on any atom is -0.496 e. The van der Waals surface area contributed by atoms with E-state index in [2.05, 4.69) is 10.1 Å². The van der Waals surface area contributed by atoms with Crippen LogP contribution in [0.2, 0.25) is 0 Å². The molecule has 0 saturated heterocycles. The number of benzene rings is 2. The van der Waals surface area contributed by atoms with Gasteiger partial charge in [-0.25, -0.2) is 0 Å². The second-order valence-corrected chi connectivity index (χ2v) is 6.67. The number of hydrogen-bond acceptors (Lipinski definition) is 5. The number of aromatic nitrogens is 3. The zero-order chi connectivity index (χ0) is 17.4. The molecule has 4 rings (SSSR count). The number of aryl methyl sites for hydroxylation is 1. The minimum atomic E-state index is -0.169. The van der Waals surface area contributed by atoms with Gasteiger partial charge in [-0.2, -0.15) is 9.50 Å². The van der Waals surface area contributed by atoms with Crippen LogP contribution in [0.3, 0.4) is 0 Å². The average molecular weight is 349 g/mol. The van der Waals surface area contributed by atoms with Gasteiger partial charge in [0.15, 0.2) is 5.82 Å². The first-order valence-corrected chi connectivity index (χ1v) is 8.59. The molecule has 0 aliphatic rings. The zero-order valence-electron chi connectivity index (χ0n) is 13.8. The molecule has 0 fully saturated rings. The molecule has 0 unspecified atom stereocenters. The number of hydrogen-bond donors (Lipinski definition) is 0. The highest BCUT2D eigenvalue weighted by Gasteiger charge is 2.12. The lowest BCUT2D eigenvalue weighted by atomic mass is 10.1. The molecule has 2 aromatic heterocycles. The summed E-state index contributed by atoms with van der Waals surface area (Å²) in [6.45, 7) is 2.02. The summed E-state index contributed by atoms with van der Waals surface area (Å²) in [6, 6.07) is 15.5. The second-order valence-electron chi connectivity index (χ2n) is 5.66. The van der Waals surface area contributed by atoms with Crippen LogP contribution in [0.1, 0.15) is 11.1 Å². The van der Waals surface area contributed by atoms with Crippen molar-refractivity contribution in [3.8, 4) is 17.1 Å². The molecule has 2 heterocycles. The van der Waals surface area contributed by atoms with Crippen molar-refractivity contribution >= 4 is 22.4 Å². The van der Waals surface area contributed by atoms with Crippen LogP contribution in [-0.4, -0.2) is 21.7 Å². The summed E-state index contributed by atoms with van der Waals surface area (Å²) in [6.07, 6.45) is 1.81. The number of thiazole rings is 1. The summed E-state index contributed by atoms with van der Waals surface area (Å²) in [5.74, 6) is 1.29. The number of rotatable bonds is 3. The lowest BCUT2D eigenvalue weighted by Gasteiger charge is -2.02. The van der Waals surface area contributed by atoms with Crippen LogP contribution in [-0.2, 0) is 0 Å². The van der Waals surface area contributed by atoms with Gasteiger partial charge in [-0.1, -0.05) is 53.3 Å². The predicted octanol–water partition coefficient (Wildman–Crippen LogP) is 2.68. The molecule has 0 amide bonds. The summed E-state index contributed by atoms with van der Waals surface area (Å²) in [4.78, 5) is 17.7. The van der Waals surface area contributed by atoms with Gasteiger partial charge >= 0.3 is 0 Å². The van der Waals surface area contributed by atoms with Gasteiger partial charge in [0, 0.05) is 11.1 Å². The molecule has 6 heteroatoms. The molecule has 0 N–H and O–H groups in total. The molecule has 4 aromatic rings. The molecule has 0 atom stereocenters. The van der Waals surface area contributed by atoms with Crippen molar-refractivity contribution in [2.24, 2.45) is 0 Å². The van der Waals surface area contributed by atoms with E-state index < -0.39 is 0 Å². The number of ether oxygens (including phenoxy) is 1. The van der Waals surface area contributed by atoms with Crippen LogP contribution in [0.5, 0.6) is 5.75 Å². The molecular weight excluding hydrogens is 334 g/mol. The first-order valence-electron chi connectivity index (χ1n) is 7.77. The van der Waals surface area contributed by atoms with Crippen LogP contribution in [0, 0.1) is 6.92 Å². The Labute approximate surface area is 147 Å². The van der Waals surface area contributed by atoms with Gasteiger partial charge in [-0.05, 0) is 25.1 Å². The highest BCUT2D eigenvalue weighted by molar-refractivity contribution is 7.15. The van der Waals surface area contributed by atoms with Crippen molar-refractivity contribution in [1.29, 1.82) is 0 Å². The van der Waals surface area contributed by atoms with E-state index in [-0.39, 0.29) is 5.56 Å². The molecule has 0 bridgehead atoms. The highest BCUT2D eigenvalue weighted by Crippen LogP contribution is 2.19. The largest absolute Gasteiger partial charge is 0.496 e. The van der Waals surface area contributed by atoms with Crippen molar-refractivity contribution in [2.75, 3.05) is 7.11 Å². The Balaban J connectivity index is 1.84. The zero-order valence-corrected chi connectivity index (χ0v) is 14.6. The maximum Gasteiger partial charge on any atom is 0.291 e. The maximum absolute atomic E-state index is 12.6. The molecular formula is C19H15N3O2S. The van der Waals surface area contributed by atoms with Crippen LogP contribution >= 0.6 is 11.3 Å². The summed E-state index contributed by atoms with van der Waals surface area (Å²) in [5.41, 5.74) is 2.72. The Bertz CT molecular complexity index is 1180. The van der Waals surface area contributed by atoms with Crippen LogP contribution in [0.4, 0.5) is 0 Å². The smallest absolute Gasteiger partial charge is 0.291 e. The predicted molar refractivity (Wildman–Crippen MR) is 99.1 cm³/mol. The van der Waals surface area contributed by atoms with E-state index in [4.69, 9.17) is 4.74 Å². The van der Waals surface area contributed by atoms with E-state index in [9.17, 15) is 4.79 Å². The van der Waals surface area contributed by atoms with Crippen LogP contribution in [0.25, 0.3) is 22.4 Å². The third-order valence-electron chi connectivity index (χ3n) is 3.88. The molecule has 124 valence electrons. The fourth-order valence-corrected chi connectivity index (χ4v) is 3.57. The Morgan fingerprint density at radius 3 is 2.76 bits per heavy atom. The highest BCUT2D eigenvalue weighted by atomic mass is 32.1. The van der Waals surface area contributed by atoms with Gasteiger partial charge in [-0.3, -0.25) is 4.79 Å². The first kappa shape index (κ1) is 15.5. The summed E-state index contributed by atoms with van der Waals surface area (Å²) >= 11 is 1.32. The van der Waals surface area contributed by atoms with Gasteiger partial charge < -0.3 is 4.74 Å². The monoisotopic (exact) mass is 349 g/mol. The lowest BCUT2D eigenvalue weighted by Crippen LogP contribution is -2.23.